The fraction of sp³-hybridized carbons (Fsp3) is 0.500. The number of tetrazole rings is 1. The number of carbonyl (C=O) groups is 2. The zero-order valence-corrected chi connectivity index (χ0v) is 14.8. The van der Waals surface area contributed by atoms with Gasteiger partial charge in [0.15, 0.2) is 5.88 Å². The number of nitrogens with two attached hydrogens (primary N) is 1. The summed E-state index contributed by atoms with van der Waals surface area (Å²) in [5, 5.41) is 19.6. The Bertz CT molecular complexity index is 866. The van der Waals surface area contributed by atoms with Gasteiger partial charge in [0.2, 0.25) is 11.1 Å². The lowest BCUT2D eigenvalue weighted by Crippen LogP contribution is -2.68. The Kier molecular flexibility index (Phi) is 4.76. The number of amides is 1. The smallest absolute Gasteiger partial charge is 0.352 e. The van der Waals surface area contributed by atoms with E-state index in [1.54, 1.807) is 0 Å². The molecule has 4 N–H and O–H groups in total. The standard InChI is InChI=1S/C10H12N6O6S3/c11-5-7(17)16-6(9(18)19)4(1-23-8(5)16)2-24-10-12-13-14-15(10)3-25(20,21)22/h5,8H,1-3,11H2,(H,18,19)(H,20,21,22)/t5-,8+/m1/s1. The third kappa shape index (κ3) is 3.50. The van der Waals surface area contributed by atoms with Crippen molar-refractivity contribution >= 4 is 45.5 Å². The van der Waals surface area contributed by atoms with Gasteiger partial charge in [-0.25, -0.2) is 9.48 Å². The highest BCUT2D eigenvalue weighted by Crippen LogP contribution is 2.40. The number of aliphatic carboxylic acids is 1. The van der Waals surface area contributed by atoms with Gasteiger partial charge in [-0.3, -0.25) is 14.2 Å². The van der Waals surface area contributed by atoms with Gasteiger partial charge in [0.05, 0.1) is 0 Å². The molecule has 1 aromatic rings. The van der Waals surface area contributed by atoms with Crippen molar-refractivity contribution in [2.45, 2.75) is 22.4 Å². The second-order valence-corrected chi connectivity index (χ2v) is 8.62. The monoisotopic (exact) mass is 408 g/mol. The third-order valence-corrected chi connectivity index (χ3v) is 6.43. The van der Waals surface area contributed by atoms with E-state index >= 15 is 0 Å². The van der Waals surface area contributed by atoms with Gasteiger partial charge < -0.3 is 10.8 Å². The van der Waals surface area contributed by atoms with E-state index in [9.17, 15) is 23.1 Å². The minimum absolute atomic E-state index is 0.0913. The summed E-state index contributed by atoms with van der Waals surface area (Å²) in [5.74, 6) is -2.02. The van der Waals surface area contributed by atoms with Crippen molar-refractivity contribution in [2.24, 2.45) is 5.73 Å². The average Bonchev–Trinajstić information content (AvgIpc) is 2.96. The van der Waals surface area contributed by atoms with Crippen molar-refractivity contribution in [1.29, 1.82) is 0 Å². The quantitative estimate of drug-likeness (QED) is 0.273. The minimum atomic E-state index is -4.33. The van der Waals surface area contributed by atoms with Gasteiger partial charge >= 0.3 is 5.97 Å². The fourth-order valence-electron chi connectivity index (χ4n) is 2.38. The van der Waals surface area contributed by atoms with Crippen molar-refractivity contribution in [3.05, 3.63) is 11.3 Å². The van der Waals surface area contributed by atoms with Crippen LogP contribution < -0.4 is 5.73 Å². The summed E-state index contributed by atoms with van der Waals surface area (Å²) < 4.78 is 31.6. The number of aromatic nitrogens is 4. The van der Waals surface area contributed by atoms with Crippen LogP contribution in [0.15, 0.2) is 16.4 Å². The third-order valence-electron chi connectivity index (χ3n) is 3.45. The molecule has 2 aliphatic heterocycles. The Morgan fingerprint density at radius 1 is 1.48 bits per heavy atom. The maximum atomic E-state index is 11.9. The number of β-lactam (4-membered cyclic amide) rings is 1. The van der Waals surface area contributed by atoms with Crippen LogP contribution in [0.2, 0.25) is 0 Å². The second-order valence-electron chi connectivity index (χ2n) is 5.15. The molecule has 1 amide bonds. The van der Waals surface area contributed by atoms with Crippen LogP contribution in [0, 0.1) is 0 Å². The van der Waals surface area contributed by atoms with Crippen molar-refractivity contribution in [2.75, 3.05) is 11.5 Å². The highest BCUT2D eigenvalue weighted by atomic mass is 32.2. The van der Waals surface area contributed by atoms with E-state index < -0.39 is 39.3 Å². The molecule has 0 bridgehead atoms. The normalized spacial score (nSPS) is 23.4. The van der Waals surface area contributed by atoms with Gasteiger partial charge in [-0.15, -0.1) is 16.9 Å². The summed E-state index contributed by atoms with van der Waals surface area (Å²) in [7, 11) is -4.33. The molecule has 136 valence electrons. The Balaban J connectivity index is 1.79. The Hall–Kier alpha value is -1.68. The van der Waals surface area contributed by atoms with Crippen LogP contribution in [0.4, 0.5) is 0 Å². The van der Waals surface area contributed by atoms with E-state index in [-0.39, 0.29) is 16.6 Å². The number of thioether (sulfide) groups is 2. The van der Waals surface area contributed by atoms with Gasteiger partial charge in [0.25, 0.3) is 10.1 Å². The summed E-state index contributed by atoms with van der Waals surface area (Å²) in [4.78, 5) is 24.6. The Morgan fingerprint density at radius 3 is 2.84 bits per heavy atom. The number of carboxylic acid groups (broad SMARTS) is 1. The zero-order chi connectivity index (χ0) is 18.4. The van der Waals surface area contributed by atoms with Crippen molar-refractivity contribution in [3.63, 3.8) is 0 Å². The molecule has 2 aliphatic rings. The van der Waals surface area contributed by atoms with Crippen molar-refractivity contribution < 1.29 is 27.7 Å². The SMILES string of the molecule is N[C@@H]1C(=O)N2C(C(=O)O)=C(CSc3nnnn3CS(=O)(=O)O)CS[C@@H]12. The number of carbonyl (C=O) groups excluding carboxylic acids is 1. The maximum absolute atomic E-state index is 11.9. The zero-order valence-electron chi connectivity index (χ0n) is 12.3. The van der Waals surface area contributed by atoms with E-state index in [1.165, 1.54) is 11.8 Å². The number of fused-ring (bicyclic) bond motifs is 1. The second kappa shape index (κ2) is 6.56. The first-order valence-electron chi connectivity index (χ1n) is 6.68. The summed E-state index contributed by atoms with van der Waals surface area (Å²) >= 11 is 2.36. The van der Waals surface area contributed by atoms with Crippen LogP contribution >= 0.6 is 23.5 Å². The van der Waals surface area contributed by atoms with E-state index in [1.807, 2.05) is 0 Å². The van der Waals surface area contributed by atoms with Crippen LogP contribution in [0.1, 0.15) is 0 Å². The summed E-state index contributed by atoms with van der Waals surface area (Å²) in [6.07, 6.45) is 0. The molecule has 1 saturated heterocycles. The van der Waals surface area contributed by atoms with Gasteiger partial charge in [0, 0.05) is 11.5 Å². The predicted molar refractivity (Wildman–Crippen MR) is 85.8 cm³/mol. The molecule has 3 heterocycles. The lowest BCUT2D eigenvalue weighted by atomic mass is 10.0. The van der Waals surface area contributed by atoms with Crippen LogP contribution in [-0.2, 0) is 25.6 Å². The highest BCUT2D eigenvalue weighted by molar-refractivity contribution is 8.01. The molecule has 0 radical (unpaired) electrons. The lowest BCUT2D eigenvalue weighted by molar-refractivity contribution is -0.147. The molecule has 15 heteroatoms. The first-order chi connectivity index (χ1) is 11.7. The highest BCUT2D eigenvalue weighted by Gasteiger charge is 2.51. The number of hydrogen-bond donors (Lipinski definition) is 3. The Labute approximate surface area is 149 Å². The molecule has 1 aromatic heterocycles. The lowest BCUT2D eigenvalue weighted by Gasteiger charge is -2.48. The summed E-state index contributed by atoms with van der Waals surface area (Å²) in [6, 6.07) is -0.712. The van der Waals surface area contributed by atoms with E-state index in [2.05, 4.69) is 15.5 Å². The van der Waals surface area contributed by atoms with Crippen LogP contribution in [0.25, 0.3) is 0 Å². The number of rotatable bonds is 6. The fourth-order valence-corrected chi connectivity index (χ4v) is 5.25. The van der Waals surface area contributed by atoms with Crippen molar-refractivity contribution in [1.82, 2.24) is 25.1 Å². The van der Waals surface area contributed by atoms with Gasteiger partial charge in [-0.05, 0) is 16.0 Å². The molecule has 0 aliphatic carbocycles. The first-order valence-corrected chi connectivity index (χ1v) is 10.3. The largest absolute Gasteiger partial charge is 0.477 e. The molecule has 12 nitrogen and oxygen atoms in total. The van der Waals surface area contributed by atoms with Gasteiger partial charge in [-0.1, -0.05) is 11.8 Å². The molecular formula is C10H12N6O6S3. The number of nitrogens with zero attached hydrogens (tertiary/aromatic N) is 5. The van der Waals surface area contributed by atoms with E-state index in [0.717, 1.165) is 21.3 Å². The van der Waals surface area contributed by atoms with Crippen LogP contribution in [-0.4, -0.2) is 78.0 Å². The molecule has 2 atom stereocenters. The van der Waals surface area contributed by atoms with Gasteiger partial charge in [-0.2, -0.15) is 8.42 Å². The minimum Gasteiger partial charge on any atom is -0.477 e. The number of hydrogen-bond acceptors (Lipinski definition) is 10. The predicted octanol–water partition coefficient (Wildman–Crippen LogP) is -1.81. The molecule has 3 rings (SSSR count). The van der Waals surface area contributed by atoms with Gasteiger partial charge in [0.1, 0.15) is 17.1 Å². The van der Waals surface area contributed by atoms with Crippen LogP contribution in [0.3, 0.4) is 0 Å². The molecule has 0 saturated carbocycles. The molecule has 25 heavy (non-hydrogen) atoms. The van der Waals surface area contributed by atoms with E-state index in [0.29, 0.717) is 11.3 Å². The topological polar surface area (TPSA) is 182 Å². The van der Waals surface area contributed by atoms with Crippen molar-refractivity contribution in [3.8, 4) is 0 Å². The maximum Gasteiger partial charge on any atom is 0.352 e. The molecule has 0 spiro atoms. The Morgan fingerprint density at radius 2 is 2.20 bits per heavy atom. The summed E-state index contributed by atoms with van der Waals surface area (Å²) in [5.41, 5.74) is 6.03. The molecule has 0 unspecified atom stereocenters. The number of carboxylic acids is 1. The molecular weight excluding hydrogens is 396 g/mol. The molecule has 0 aromatic carbocycles. The molecule has 1 fully saturated rings. The first kappa shape index (κ1) is 18.1. The average molecular weight is 408 g/mol. The summed E-state index contributed by atoms with van der Waals surface area (Å²) in [6.45, 7) is 0. The van der Waals surface area contributed by atoms with E-state index in [4.69, 9.17) is 10.3 Å². The van der Waals surface area contributed by atoms with Crippen LogP contribution in [0.5, 0.6) is 0 Å².